The molecular formula is C18H26ClN3O2. The van der Waals surface area contributed by atoms with Crippen molar-refractivity contribution in [1.29, 1.82) is 0 Å². The average Bonchev–Trinajstić information content (AvgIpc) is 2.57. The minimum Gasteiger partial charge on any atom is -0.375 e. The van der Waals surface area contributed by atoms with E-state index in [1.807, 2.05) is 24.3 Å². The molecule has 24 heavy (non-hydrogen) atoms. The molecule has 1 aromatic rings. The summed E-state index contributed by atoms with van der Waals surface area (Å²) in [7, 11) is 1.64. The lowest BCUT2D eigenvalue weighted by molar-refractivity contribution is 0.0487. The van der Waals surface area contributed by atoms with Crippen molar-refractivity contribution in [1.82, 2.24) is 16.0 Å². The van der Waals surface area contributed by atoms with Gasteiger partial charge in [-0.3, -0.25) is 0 Å². The van der Waals surface area contributed by atoms with Gasteiger partial charge in [-0.25, -0.2) is 4.79 Å². The zero-order chi connectivity index (χ0) is 17.0. The van der Waals surface area contributed by atoms with E-state index in [1.165, 1.54) is 19.3 Å². The smallest absolute Gasteiger partial charge is 0.314 e. The molecule has 0 radical (unpaired) electrons. The number of carbonyl (C=O) groups is 1. The molecule has 2 fully saturated rings. The third-order valence-corrected chi connectivity index (χ3v) is 5.72. The molecule has 3 atom stereocenters. The molecule has 2 amide bonds. The summed E-state index contributed by atoms with van der Waals surface area (Å²) in [5.74, 6) is 0.715. The van der Waals surface area contributed by atoms with Crippen molar-refractivity contribution in [2.45, 2.75) is 37.3 Å². The summed E-state index contributed by atoms with van der Waals surface area (Å²) >= 11 is 5.91. The largest absolute Gasteiger partial charge is 0.375 e. The van der Waals surface area contributed by atoms with E-state index < -0.39 is 0 Å². The molecule has 2 aliphatic rings. The van der Waals surface area contributed by atoms with E-state index >= 15 is 0 Å². The number of benzene rings is 1. The van der Waals surface area contributed by atoms with Crippen LogP contribution in [0, 0.1) is 5.92 Å². The highest BCUT2D eigenvalue weighted by atomic mass is 35.5. The lowest BCUT2D eigenvalue weighted by Crippen LogP contribution is -2.66. The van der Waals surface area contributed by atoms with E-state index in [1.54, 1.807) is 7.11 Å². The molecule has 1 unspecified atom stereocenters. The number of ether oxygens (including phenoxy) is 1. The Morgan fingerprint density at radius 1 is 1.38 bits per heavy atom. The van der Waals surface area contributed by atoms with Crippen molar-refractivity contribution < 1.29 is 9.53 Å². The van der Waals surface area contributed by atoms with Crippen LogP contribution in [0.5, 0.6) is 0 Å². The number of rotatable bonds is 6. The molecule has 0 spiro atoms. The van der Waals surface area contributed by atoms with Gasteiger partial charge < -0.3 is 20.7 Å². The monoisotopic (exact) mass is 351 g/mol. The van der Waals surface area contributed by atoms with Gasteiger partial charge in [0.25, 0.3) is 0 Å². The Balaban J connectivity index is 1.45. The summed E-state index contributed by atoms with van der Waals surface area (Å²) in [5, 5.41) is 10.2. The number of nitrogens with one attached hydrogen (secondary N) is 3. The molecule has 1 heterocycles. The van der Waals surface area contributed by atoms with Crippen LogP contribution < -0.4 is 16.0 Å². The molecule has 1 saturated carbocycles. The number of hydrogen-bond acceptors (Lipinski definition) is 3. The van der Waals surface area contributed by atoms with Crippen molar-refractivity contribution in [2.24, 2.45) is 5.92 Å². The average molecular weight is 352 g/mol. The Morgan fingerprint density at radius 3 is 2.79 bits per heavy atom. The summed E-state index contributed by atoms with van der Waals surface area (Å²) in [6.45, 7) is 2.18. The van der Waals surface area contributed by atoms with Crippen molar-refractivity contribution in [3.63, 3.8) is 0 Å². The van der Waals surface area contributed by atoms with Crippen LogP contribution in [0.1, 0.15) is 37.4 Å². The van der Waals surface area contributed by atoms with Crippen LogP contribution >= 0.6 is 11.6 Å². The summed E-state index contributed by atoms with van der Waals surface area (Å²) in [5.41, 5.74) is 1.13. The fourth-order valence-corrected chi connectivity index (χ4v) is 3.96. The second kappa shape index (κ2) is 7.72. The van der Waals surface area contributed by atoms with Gasteiger partial charge in [0.1, 0.15) is 0 Å². The SMILES string of the molecule is COC(CNC(=O)NC[C@]12CC[C@H]1CCCN2)c1ccc(Cl)cc1. The normalized spacial score (nSPS) is 26.8. The number of urea groups is 1. The molecule has 6 heteroatoms. The molecule has 1 saturated heterocycles. The minimum atomic E-state index is -0.185. The molecule has 3 rings (SSSR count). The summed E-state index contributed by atoms with van der Waals surface area (Å²) in [6, 6.07) is 7.35. The topological polar surface area (TPSA) is 62.4 Å². The first-order chi connectivity index (χ1) is 11.6. The molecule has 0 aromatic heterocycles. The second-order valence-electron chi connectivity index (χ2n) is 6.80. The lowest BCUT2D eigenvalue weighted by Gasteiger charge is -2.53. The Morgan fingerprint density at radius 2 is 2.17 bits per heavy atom. The first kappa shape index (κ1) is 17.5. The highest BCUT2D eigenvalue weighted by molar-refractivity contribution is 6.30. The second-order valence-corrected chi connectivity index (χ2v) is 7.24. The van der Waals surface area contributed by atoms with Gasteiger partial charge in [-0.1, -0.05) is 23.7 Å². The van der Waals surface area contributed by atoms with Gasteiger partial charge >= 0.3 is 6.03 Å². The minimum absolute atomic E-state index is 0.131. The number of methoxy groups -OCH3 is 1. The van der Waals surface area contributed by atoms with E-state index in [-0.39, 0.29) is 17.7 Å². The molecular weight excluding hydrogens is 326 g/mol. The number of halogens is 1. The zero-order valence-electron chi connectivity index (χ0n) is 14.1. The fourth-order valence-electron chi connectivity index (χ4n) is 3.83. The molecule has 1 aliphatic carbocycles. The van der Waals surface area contributed by atoms with Crippen LogP contribution in [0.25, 0.3) is 0 Å². The van der Waals surface area contributed by atoms with Crippen LogP contribution in [0.3, 0.4) is 0 Å². The Bertz CT molecular complexity index is 566. The van der Waals surface area contributed by atoms with Gasteiger partial charge in [-0.15, -0.1) is 0 Å². The van der Waals surface area contributed by atoms with E-state index in [9.17, 15) is 4.79 Å². The van der Waals surface area contributed by atoms with Gasteiger partial charge in [0.2, 0.25) is 0 Å². The van der Waals surface area contributed by atoms with Gasteiger partial charge in [-0.2, -0.15) is 0 Å². The van der Waals surface area contributed by atoms with E-state index in [4.69, 9.17) is 16.3 Å². The lowest BCUT2D eigenvalue weighted by atomic mass is 9.63. The van der Waals surface area contributed by atoms with Gasteiger partial charge in [0, 0.05) is 30.8 Å². The summed E-state index contributed by atoms with van der Waals surface area (Å²) in [6.07, 6.45) is 4.77. The third-order valence-electron chi connectivity index (χ3n) is 5.47. The number of piperidine rings is 1. The van der Waals surface area contributed by atoms with Crippen molar-refractivity contribution in [3.8, 4) is 0 Å². The predicted molar refractivity (Wildman–Crippen MR) is 95.3 cm³/mol. The Hall–Kier alpha value is -1.30. The Kier molecular flexibility index (Phi) is 5.64. The standard InChI is InChI=1S/C18H26ClN3O2/c1-24-16(13-4-6-15(19)7-5-13)11-20-17(23)21-12-18-9-8-14(18)3-2-10-22-18/h4-7,14,16,22H,2-3,8-12H2,1H3,(H2,20,21,23)/t14-,16?,18-/m1/s1. The van der Waals surface area contributed by atoms with E-state index in [0.29, 0.717) is 24.0 Å². The quantitative estimate of drug-likeness (QED) is 0.738. The maximum absolute atomic E-state index is 12.1. The highest BCUT2D eigenvalue weighted by Crippen LogP contribution is 2.43. The maximum atomic E-state index is 12.1. The first-order valence-electron chi connectivity index (χ1n) is 8.68. The first-order valence-corrected chi connectivity index (χ1v) is 9.06. The number of carbonyl (C=O) groups excluding carboxylic acids is 1. The molecule has 132 valence electrons. The van der Waals surface area contributed by atoms with Gasteiger partial charge in [0.05, 0.1) is 6.10 Å². The van der Waals surface area contributed by atoms with Crippen molar-refractivity contribution >= 4 is 17.6 Å². The zero-order valence-corrected chi connectivity index (χ0v) is 14.9. The molecule has 3 N–H and O–H groups in total. The maximum Gasteiger partial charge on any atom is 0.314 e. The fraction of sp³-hybridized carbons (Fsp3) is 0.611. The van der Waals surface area contributed by atoms with Crippen molar-refractivity contribution in [2.75, 3.05) is 26.7 Å². The van der Waals surface area contributed by atoms with E-state index in [0.717, 1.165) is 18.5 Å². The highest BCUT2D eigenvalue weighted by Gasteiger charge is 2.47. The number of hydrogen-bond donors (Lipinski definition) is 3. The van der Waals surface area contributed by atoms with Crippen LogP contribution in [0.4, 0.5) is 4.79 Å². The summed E-state index contributed by atoms with van der Waals surface area (Å²) in [4.78, 5) is 12.1. The van der Waals surface area contributed by atoms with Crippen LogP contribution in [-0.2, 0) is 4.74 Å². The summed E-state index contributed by atoms with van der Waals surface area (Å²) < 4.78 is 5.47. The molecule has 5 nitrogen and oxygen atoms in total. The van der Waals surface area contributed by atoms with Crippen LogP contribution in [0.2, 0.25) is 5.02 Å². The van der Waals surface area contributed by atoms with Crippen molar-refractivity contribution in [3.05, 3.63) is 34.9 Å². The van der Waals surface area contributed by atoms with Gasteiger partial charge in [0.15, 0.2) is 0 Å². The van der Waals surface area contributed by atoms with E-state index in [2.05, 4.69) is 16.0 Å². The molecule has 1 aliphatic heterocycles. The molecule has 1 aromatic carbocycles. The molecule has 0 bridgehead atoms. The van der Waals surface area contributed by atoms with Crippen LogP contribution in [-0.4, -0.2) is 38.3 Å². The third kappa shape index (κ3) is 3.85. The Labute approximate surface area is 148 Å². The number of fused-ring (bicyclic) bond motifs is 1. The van der Waals surface area contributed by atoms with Gasteiger partial charge in [-0.05, 0) is 55.8 Å². The van der Waals surface area contributed by atoms with Crippen LogP contribution in [0.15, 0.2) is 24.3 Å². The predicted octanol–water partition coefficient (Wildman–Crippen LogP) is 2.86. The number of amides is 2.